The van der Waals surface area contributed by atoms with Crippen molar-refractivity contribution >= 4 is 11.6 Å². The van der Waals surface area contributed by atoms with Crippen molar-refractivity contribution in [3.63, 3.8) is 0 Å². The van der Waals surface area contributed by atoms with Crippen LogP contribution in [0.25, 0.3) is 0 Å². The smallest absolute Gasteiger partial charge is 0.322 e. The van der Waals surface area contributed by atoms with Gasteiger partial charge in [0.05, 0.1) is 16.7 Å². The zero-order valence-electron chi connectivity index (χ0n) is 12.2. The third-order valence-electron chi connectivity index (χ3n) is 3.20. The normalized spacial score (nSPS) is 12.1. The summed E-state index contributed by atoms with van der Waals surface area (Å²) in [5.41, 5.74) is -2.35. The number of nitrogens with one attached hydrogen (secondary N) is 1. The fourth-order valence-electron chi connectivity index (χ4n) is 2.03. The molecular formula is C16H11F6NO. The topological polar surface area (TPSA) is 29.1 Å². The van der Waals surface area contributed by atoms with Crippen molar-refractivity contribution in [1.29, 1.82) is 0 Å². The van der Waals surface area contributed by atoms with Gasteiger partial charge >= 0.3 is 12.4 Å². The van der Waals surface area contributed by atoms with Crippen molar-refractivity contribution < 1.29 is 31.1 Å². The lowest BCUT2D eigenvalue weighted by Crippen LogP contribution is -2.19. The first kappa shape index (κ1) is 17.8. The lowest BCUT2D eigenvalue weighted by Gasteiger charge is -2.14. The molecule has 0 atom stereocenters. The molecule has 0 spiro atoms. The Hall–Kier alpha value is -2.51. The second-order valence-electron chi connectivity index (χ2n) is 5.08. The SMILES string of the molecule is Cc1ccc(C(=O)Nc2ccc(C(F)(F)F)cc2)c(C(F)(F)F)c1. The van der Waals surface area contributed by atoms with E-state index in [4.69, 9.17) is 0 Å². The number of rotatable bonds is 2. The summed E-state index contributed by atoms with van der Waals surface area (Å²) >= 11 is 0. The van der Waals surface area contributed by atoms with E-state index in [9.17, 15) is 31.1 Å². The fourth-order valence-corrected chi connectivity index (χ4v) is 2.03. The van der Waals surface area contributed by atoms with Crippen molar-refractivity contribution in [2.75, 3.05) is 5.32 Å². The highest BCUT2D eigenvalue weighted by atomic mass is 19.4. The molecule has 2 nitrogen and oxygen atoms in total. The van der Waals surface area contributed by atoms with E-state index in [0.29, 0.717) is 5.56 Å². The molecule has 0 unspecified atom stereocenters. The van der Waals surface area contributed by atoms with Gasteiger partial charge in [-0.2, -0.15) is 26.3 Å². The Morgan fingerprint density at radius 3 is 1.96 bits per heavy atom. The van der Waals surface area contributed by atoms with E-state index in [0.717, 1.165) is 36.4 Å². The van der Waals surface area contributed by atoms with Crippen LogP contribution in [0.15, 0.2) is 42.5 Å². The van der Waals surface area contributed by atoms with Crippen molar-refractivity contribution in [3.8, 4) is 0 Å². The van der Waals surface area contributed by atoms with Crippen molar-refractivity contribution in [2.24, 2.45) is 0 Å². The minimum atomic E-state index is -4.72. The molecule has 0 fully saturated rings. The molecule has 1 amide bonds. The standard InChI is InChI=1S/C16H11F6NO/c1-9-2-7-12(13(8-9)16(20,21)22)14(24)23-11-5-3-10(4-6-11)15(17,18)19/h2-8H,1H3,(H,23,24). The number of amides is 1. The largest absolute Gasteiger partial charge is 0.417 e. The predicted molar refractivity (Wildman–Crippen MR) is 75.6 cm³/mol. The maximum Gasteiger partial charge on any atom is 0.417 e. The molecule has 0 heterocycles. The van der Waals surface area contributed by atoms with Gasteiger partial charge < -0.3 is 5.32 Å². The number of benzene rings is 2. The molecule has 0 aliphatic carbocycles. The van der Waals surface area contributed by atoms with Gasteiger partial charge in [-0.05, 0) is 43.3 Å². The Balaban J connectivity index is 2.28. The summed E-state index contributed by atoms with van der Waals surface area (Å²) in [5.74, 6) is -1.05. The van der Waals surface area contributed by atoms with Gasteiger partial charge in [-0.25, -0.2) is 0 Å². The molecule has 2 rings (SSSR count). The van der Waals surface area contributed by atoms with E-state index < -0.39 is 35.0 Å². The summed E-state index contributed by atoms with van der Waals surface area (Å²) < 4.78 is 76.4. The number of anilines is 1. The average Bonchev–Trinajstić information content (AvgIpc) is 2.45. The summed E-state index contributed by atoms with van der Waals surface area (Å²) in [7, 11) is 0. The van der Waals surface area contributed by atoms with Crippen LogP contribution in [0.1, 0.15) is 27.0 Å². The molecule has 128 valence electrons. The molecule has 0 bridgehead atoms. The maximum absolute atomic E-state index is 13.0. The van der Waals surface area contributed by atoms with Gasteiger partial charge in [0, 0.05) is 5.69 Å². The highest BCUT2D eigenvalue weighted by Gasteiger charge is 2.35. The van der Waals surface area contributed by atoms with Crippen LogP contribution in [-0.2, 0) is 12.4 Å². The number of halogens is 6. The van der Waals surface area contributed by atoms with Gasteiger partial charge in [-0.3, -0.25) is 4.79 Å². The van der Waals surface area contributed by atoms with Crippen LogP contribution in [0.2, 0.25) is 0 Å². The van der Waals surface area contributed by atoms with E-state index in [1.54, 1.807) is 0 Å². The number of hydrogen-bond donors (Lipinski definition) is 1. The molecule has 0 aliphatic heterocycles. The van der Waals surface area contributed by atoms with E-state index in [-0.39, 0.29) is 5.69 Å². The number of alkyl halides is 6. The summed E-state index contributed by atoms with van der Waals surface area (Å²) in [4.78, 5) is 12.0. The van der Waals surface area contributed by atoms with Crippen LogP contribution in [0.5, 0.6) is 0 Å². The first-order valence-corrected chi connectivity index (χ1v) is 6.65. The molecule has 1 N–H and O–H groups in total. The van der Waals surface area contributed by atoms with E-state index >= 15 is 0 Å². The monoisotopic (exact) mass is 347 g/mol. The highest BCUT2D eigenvalue weighted by molar-refractivity contribution is 6.05. The molecular weight excluding hydrogens is 336 g/mol. The van der Waals surface area contributed by atoms with Gasteiger partial charge in [-0.1, -0.05) is 11.6 Å². The first-order chi connectivity index (χ1) is 11.0. The van der Waals surface area contributed by atoms with Gasteiger partial charge in [0.15, 0.2) is 0 Å². The Morgan fingerprint density at radius 2 is 1.46 bits per heavy atom. The number of hydrogen-bond acceptors (Lipinski definition) is 1. The average molecular weight is 347 g/mol. The van der Waals surface area contributed by atoms with Gasteiger partial charge in [0.1, 0.15) is 0 Å². The van der Waals surface area contributed by atoms with Crippen molar-refractivity contribution in [2.45, 2.75) is 19.3 Å². The molecule has 0 aromatic heterocycles. The van der Waals surface area contributed by atoms with Crippen LogP contribution in [0.4, 0.5) is 32.0 Å². The summed E-state index contributed by atoms with van der Waals surface area (Å²) in [6, 6.07) is 6.62. The Labute approximate surface area is 133 Å². The van der Waals surface area contributed by atoms with Gasteiger partial charge in [-0.15, -0.1) is 0 Å². The second kappa shape index (κ2) is 6.18. The molecule has 24 heavy (non-hydrogen) atoms. The third kappa shape index (κ3) is 4.06. The van der Waals surface area contributed by atoms with E-state index in [2.05, 4.69) is 5.32 Å². The van der Waals surface area contributed by atoms with Crippen LogP contribution in [0.3, 0.4) is 0 Å². The number of aryl methyl sites for hydroxylation is 1. The number of carbonyl (C=O) groups is 1. The molecule has 0 saturated heterocycles. The molecule has 2 aromatic rings. The lowest BCUT2D eigenvalue weighted by atomic mass is 10.0. The first-order valence-electron chi connectivity index (χ1n) is 6.65. The molecule has 2 aromatic carbocycles. The second-order valence-corrected chi connectivity index (χ2v) is 5.08. The quantitative estimate of drug-likeness (QED) is 0.736. The molecule has 0 radical (unpaired) electrons. The van der Waals surface area contributed by atoms with Crippen LogP contribution in [0, 0.1) is 6.92 Å². The number of carbonyl (C=O) groups excluding carboxylic acids is 1. The van der Waals surface area contributed by atoms with E-state index in [1.807, 2.05) is 0 Å². The Kier molecular flexibility index (Phi) is 4.59. The minimum absolute atomic E-state index is 0.0401. The lowest BCUT2D eigenvalue weighted by molar-refractivity contribution is -0.138. The van der Waals surface area contributed by atoms with Gasteiger partial charge in [0.2, 0.25) is 0 Å². The van der Waals surface area contributed by atoms with Crippen molar-refractivity contribution in [3.05, 3.63) is 64.7 Å². The zero-order chi connectivity index (χ0) is 18.1. The summed E-state index contributed by atoms with van der Waals surface area (Å²) in [6.07, 6.45) is -9.26. The fraction of sp³-hybridized carbons (Fsp3) is 0.188. The van der Waals surface area contributed by atoms with Crippen LogP contribution < -0.4 is 5.32 Å². The molecule has 0 aliphatic rings. The highest BCUT2D eigenvalue weighted by Crippen LogP contribution is 2.33. The van der Waals surface area contributed by atoms with Crippen LogP contribution in [-0.4, -0.2) is 5.91 Å². The molecule has 8 heteroatoms. The Morgan fingerprint density at radius 1 is 0.875 bits per heavy atom. The van der Waals surface area contributed by atoms with Crippen molar-refractivity contribution in [1.82, 2.24) is 0 Å². The molecule has 0 saturated carbocycles. The van der Waals surface area contributed by atoms with Crippen LogP contribution >= 0.6 is 0 Å². The summed E-state index contributed by atoms with van der Waals surface area (Å²) in [5, 5.41) is 2.16. The minimum Gasteiger partial charge on any atom is -0.322 e. The zero-order valence-corrected chi connectivity index (χ0v) is 12.2. The van der Waals surface area contributed by atoms with E-state index in [1.165, 1.54) is 13.0 Å². The predicted octanol–water partition coefficient (Wildman–Crippen LogP) is 5.28. The third-order valence-corrected chi connectivity index (χ3v) is 3.20. The Bertz CT molecular complexity index is 747. The van der Waals surface area contributed by atoms with Gasteiger partial charge in [0.25, 0.3) is 5.91 Å². The summed E-state index contributed by atoms with van der Waals surface area (Å²) in [6.45, 7) is 1.45. The maximum atomic E-state index is 13.0.